The second-order valence-corrected chi connectivity index (χ2v) is 6.55. The van der Waals surface area contributed by atoms with E-state index >= 15 is 0 Å². The summed E-state index contributed by atoms with van der Waals surface area (Å²) in [7, 11) is 0. The first-order chi connectivity index (χ1) is 10.6. The maximum atomic E-state index is 13.1. The Balaban J connectivity index is 1.72. The van der Waals surface area contributed by atoms with Crippen molar-refractivity contribution in [2.24, 2.45) is 0 Å². The summed E-state index contributed by atoms with van der Waals surface area (Å²) >= 11 is 4.77. The van der Waals surface area contributed by atoms with Crippen LogP contribution in [0, 0.1) is 12.7 Å². The van der Waals surface area contributed by atoms with Gasteiger partial charge in [0.1, 0.15) is 5.82 Å². The van der Waals surface area contributed by atoms with Crippen molar-refractivity contribution in [3.8, 4) is 11.5 Å². The summed E-state index contributed by atoms with van der Waals surface area (Å²) in [5, 5.41) is 8.60. The summed E-state index contributed by atoms with van der Waals surface area (Å²) in [5.41, 5.74) is 3.02. The molecule has 2 aromatic carbocycles. The Morgan fingerprint density at radius 1 is 1.18 bits per heavy atom. The standard InChI is InChI=1S/C16H12BrFN2OS/c1-10-3-2-4-11(7-10)15-19-20-16(21-15)22-9-12-5-6-13(18)8-14(12)17/h2-8H,9H2,1H3. The number of thioether (sulfide) groups is 1. The van der Waals surface area contributed by atoms with Crippen LogP contribution in [0.4, 0.5) is 4.39 Å². The van der Waals surface area contributed by atoms with Gasteiger partial charge >= 0.3 is 0 Å². The minimum Gasteiger partial charge on any atom is -0.411 e. The van der Waals surface area contributed by atoms with Gasteiger partial charge in [-0.05, 0) is 36.8 Å². The molecule has 1 aromatic heterocycles. The number of hydrogen-bond acceptors (Lipinski definition) is 4. The van der Waals surface area contributed by atoms with Crippen LogP contribution in [0.1, 0.15) is 11.1 Å². The van der Waals surface area contributed by atoms with Gasteiger partial charge < -0.3 is 4.42 Å². The molecule has 3 aromatic rings. The smallest absolute Gasteiger partial charge is 0.277 e. The van der Waals surface area contributed by atoms with E-state index < -0.39 is 0 Å². The van der Waals surface area contributed by atoms with Gasteiger partial charge in [-0.25, -0.2) is 4.39 Å². The van der Waals surface area contributed by atoms with Crippen molar-refractivity contribution in [3.63, 3.8) is 0 Å². The van der Waals surface area contributed by atoms with Gasteiger partial charge in [0.15, 0.2) is 0 Å². The van der Waals surface area contributed by atoms with Gasteiger partial charge in [0.05, 0.1) is 0 Å². The third kappa shape index (κ3) is 3.56. The minimum absolute atomic E-state index is 0.264. The molecule has 0 atom stereocenters. The van der Waals surface area contributed by atoms with Crippen LogP contribution < -0.4 is 0 Å². The summed E-state index contributed by atoms with van der Waals surface area (Å²) in [4.78, 5) is 0. The number of benzene rings is 2. The molecule has 0 radical (unpaired) electrons. The lowest BCUT2D eigenvalue weighted by atomic mass is 10.1. The Morgan fingerprint density at radius 3 is 2.82 bits per heavy atom. The van der Waals surface area contributed by atoms with Gasteiger partial charge in [-0.15, -0.1) is 10.2 Å². The zero-order chi connectivity index (χ0) is 15.5. The van der Waals surface area contributed by atoms with Crippen molar-refractivity contribution in [2.75, 3.05) is 0 Å². The first-order valence-corrected chi connectivity index (χ1v) is 8.37. The van der Waals surface area contributed by atoms with E-state index in [0.29, 0.717) is 16.9 Å². The maximum Gasteiger partial charge on any atom is 0.277 e. The third-order valence-electron chi connectivity index (χ3n) is 3.04. The summed E-state index contributed by atoms with van der Waals surface area (Å²) < 4.78 is 19.5. The molecule has 0 N–H and O–H groups in total. The topological polar surface area (TPSA) is 38.9 Å². The number of aromatic nitrogens is 2. The van der Waals surface area contributed by atoms with Gasteiger partial charge in [0.25, 0.3) is 5.22 Å². The number of nitrogens with zero attached hydrogens (tertiary/aromatic N) is 2. The van der Waals surface area contributed by atoms with Crippen molar-refractivity contribution < 1.29 is 8.81 Å². The van der Waals surface area contributed by atoms with Crippen LogP contribution in [-0.2, 0) is 5.75 Å². The fourth-order valence-electron chi connectivity index (χ4n) is 1.94. The summed E-state index contributed by atoms with van der Waals surface area (Å²) in [5.74, 6) is 0.862. The highest BCUT2D eigenvalue weighted by molar-refractivity contribution is 9.10. The predicted octanol–water partition coefficient (Wildman–Crippen LogP) is 5.24. The summed E-state index contributed by atoms with van der Waals surface area (Å²) in [6.45, 7) is 2.02. The molecule has 0 bridgehead atoms. The van der Waals surface area contributed by atoms with Gasteiger partial charge in [-0.3, -0.25) is 0 Å². The molecule has 112 valence electrons. The van der Waals surface area contributed by atoms with Crippen LogP contribution in [0.3, 0.4) is 0 Å². The molecule has 0 unspecified atom stereocenters. The molecule has 0 spiro atoms. The largest absolute Gasteiger partial charge is 0.411 e. The Morgan fingerprint density at radius 2 is 2.05 bits per heavy atom. The summed E-state index contributed by atoms with van der Waals surface area (Å²) in [6, 6.07) is 12.5. The Labute approximate surface area is 140 Å². The van der Waals surface area contributed by atoms with Crippen molar-refractivity contribution in [1.29, 1.82) is 0 Å². The van der Waals surface area contributed by atoms with Crippen molar-refractivity contribution in [1.82, 2.24) is 10.2 Å². The third-order valence-corrected chi connectivity index (χ3v) is 4.64. The molecule has 0 aliphatic rings. The summed E-state index contributed by atoms with van der Waals surface area (Å²) in [6.07, 6.45) is 0. The molecule has 3 rings (SSSR count). The van der Waals surface area contributed by atoms with Crippen LogP contribution in [0.15, 0.2) is 56.6 Å². The molecule has 0 saturated heterocycles. The lowest BCUT2D eigenvalue weighted by molar-refractivity contribution is 0.466. The molecule has 0 fully saturated rings. The number of rotatable bonds is 4. The predicted molar refractivity (Wildman–Crippen MR) is 88.1 cm³/mol. The fraction of sp³-hybridized carbons (Fsp3) is 0.125. The van der Waals surface area contributed by atoms with E-state index in [9.17, 15) is 4.39 Å². The van der Waals surface area contributed by atoms with Crippen LogP contribution in [0.2, 0.25) is 0 Å². The van der Waals surface area contributed by atoms with Crippen molar-refractivity contribution in [3.05, 3.63) is 63.9 Å². The molecule has 0 aliphatic heterocycles. The zero-order valence-electron chi connectivity index (χ0n) is 11.7. The molecule has 22 heavy (non-hydrogen) atoms. The van der Waals surface area contributed by atoms with Crippen molar-refractivity contribution >= 4 is 27.7 Å². The molecular formula is C16H12BrFN2OS. The first kappa shape index (κ1) is 15.2. The van der Waals surface area contributed by atoms with Crippen LogP contribution in [0.25, 0.3) is 11.5 Å². The fourth-order valence-corrected chi connectivity index (χ4v) is 3.38. The highest BCUT2D eigenvalue weighted by Gasteiger charge is 2.10. The molecule has 3 nitrogen and oxygen atoms in total. The van der Waals surface area contributed by atoms with E-state index in [2.05, 4.69) is 26.1 Å². The second-order valence-electron chi connectivity index (χ2n) is 4.77. The first-order valence-electron chi connectivity index (χ1n) is 6.59. The van der Waals surface area contributed by atoms with Gasteiger partial charge in [0.2, 0.25) is 5.89 Å². The van der Waals surface area contributed by atoms with Crippen LogP contribution in [0.5, 0.6) is 0 Å². The Hall–Kier alpha value is -1.66. The van der Waals surface area contributed by atoms with Gasteiger partial charge in [0, 0.05) is 15.8 Å². The highest BCUT2D eigenvalue weighted by Crippen LogP contribution is 2.28. The average Bonchev–Trinajstić information content (AvgIpc) is 2.95. The van der Waals surface area contributed by atoms with E-state index in [-0.39, 0.29) is 5.82 Å². The van der Waals surface area contributed by atoms with E-state index in [4.69, 9.17) is 4.42 Å². The van der Waals surface area contributed by atoms with Gasteiger partial charge in [-0.2, -0.15) is 0 Å². The molecule has 6 heteroatoms. The number of halogens is 2. The lowest BCUT2D eigenvalue weighted by Crippen LogP contribution is -1.85. The normalized spacial score (nSPS) is 10.9. The molecular weight excluding hydrogens is 367 g/mol. The van der Waals surface area contributed by atoms with Crippen molar-refractivity contribution in [2.45, 2.75) is 17.9 Å². The van der Waals surface area contributed by atoms with E-state index in [1.165, 1.54) is 23.9 Å². The minimum atomic E-state index is -0.264. The average molecular weight is 379 g/mol. The molecule has 0 saturated carbocycles. The van der Waals surface area contributed by atoms with Crippen LogP contribution >= 0.6 is 27.7 Å². The monoisotopic (exact) mass is 378 g/mol. The quantitative estimate of drug-likeness (QED) is 0.582. The lowest BCUT2D eigenvalue weighted by Gasteiger charge is -2.02. The van der Waals surface area contributed by atoms with E-state index in [1.807, 2.05) is 31.2 Å². The maximum absolute atomic E-state index is 13.1. The van der Waals surface area contributed by atoms with E-state index in [1.54, 1.807) is 6.07 Å². The highest BCUT2D eigenvalue weighted by atomic mass is 79.9. The van der Waals surface area contributed by atoms with E-state index in [0.717, 1.165) is 21.2 Å². The number of hydrogen-bond donors (Lipinski definition) is 0. The van der Waals surface area contributed by atoms with Gasteiger partial charge in [-0.1, -0.05) is 51.5 Å². The Kier molecular flexibility index (Phi) is 4.59. The number of aryl methyl sites for hydroxylation is 1. The van der Waals surface area contributed by atoms with Crippen LogP contribution in [-0.4, -0.2) is 10.2 Å². The Bertz CT molecular complexity index is 806. The molecule has 1 heterocycles. The molecule has 0 amide bonds. The molecule has 0 aliphatic carbocycles. The SMILES string of the molecule is Cc1cccc(-c2nnc(SCc3ccc(F)cc3Br)o2)c1. The zero-order valence-corrected chi connectivity index (χ0v) is 14.1. The second kappa shape index (κ2) is 6.62.